The molecule has 7 heteroatoms. The van der Waals surface area contributed by atoms with Gasteiger partial charge in [0.15, 0.2) is 4.77 Å². The van der Waals surface area contributed by atoms with E-state index in [0.717, 1.165) is 33.6 Å². The number of aromatic amines is 1. The molecule has 29 heavy (non-hydrogen) atoms. The number of thiophene rings is 1. The summed E-state index contributed by atoms with van der Waals surface area (Å²) in [7, 11) is 3.38. The van der Waals surface area contributed by atoms with Crippen molar-refractivity contribution in [2.45, 2.75) is 6.92 Å². The number of nitrogens with zero attached hydrogens (tertiary/aromatic N) is 2. The normalized spacial score (nSPS) is 10.3. The van der Waals surface area contributed by atoms with Crippen molar-refractivity contribution < 1.29 is 4.79 Å². The third-order valence-electron chi connectivity index (χ3n) is 4.28. The molecule has 4 rings (SSSR count). The van der Waals surface area contributed by atoms with Gasteiger partial charge in [-0.3, -0.25) is 14.2 Å². The Bertz CT molecular complexity index is 1250. The molecule has 1 N–H and O–H groups in total. The minimum absolute atomic E-state index is 0.0804. The van der Waals surface area contributed by atoms with Crippen LogP contribution in [0.3, 0.4) is 0 Å². The van der Waals surface area contributed by atoms with Gasteiger partial charge in [-0.15, -0.1) is 11.3 Å². The first kappa shape index (κ1) is 20.7. The maximum Gasteiger partial charge on any atom is 0.268 e. The highest BCUT2D eigenvalue weighted by Crippen LogP contribution is 2.31. The van der Waals surface area contributed by atoms with Gasteiger partial charge in [-0.1, -0.05) is 48.5 Å². The summed E-state index contributed by atoms with van der Waals surface area (Å²) in [4.78, 5) is 28.1. The molecule has 0 bridgehead atoms. The molecule has 0 unspecified atom stereocenters. The van der Waals surface area contributed by atoms with Gasteiger partial charge in [0, 0.05) is 25.0 Å². The molecule has 0 aliphatic carbocycles. The first-order valence-electron chi connectivity index (χ1n) is 8.93. The lowest BCUT2D eigenvalue weighted by Gasteiger charge is -2.10. The van der Waals surface area contributed by atoms with Crippen LogP contribution in [0.25, 0.3) is 27.0 Å². The summed E-state index contributed by atoms with van der Waals surface area (Å²) in [5, 5.41) is 2.69. The minimum atomic E-state index is -0.0804. The molecule has 2 aromatic carbocycles. The highest BCUT2D eigenvalue weighted by molar-refractivity contribution is 7.71. The zero-order valence-corrected chi connectivity index (χ0v) is 18.0. The molecule has 5 nitrogen and oxygen atoms in total. The van der Waals surface area contributed by atoms with Crippen LogP contribution in [0, 0.1) is 11.7 Å². The number of hydrogen-bond acceptors (Lipinski definition) is 4. The summed E-state index contributed by atoms with van der Waals surface area (Å²) < 4.78 is 2.01. The molecule has 1 amide bonds. The molecule has 0 radical (unpaired) electrons. The summed E-state index contributed by atoms with van der Waals surface area (Å²) in [5.74, 6) is 0. The fraction of sp³-hybridized carbons (Fsp3) is 0.136. The minimum Gasteiger partial charge on any atom is -0.351 e. The van der Waals surface area contributed by atoms with E-state index in [0.29, 0.717) is 10.2 Å². The predicted molar refractivity (Wildman–Crippen MR) is 123 cm³/mol. The molecule has 2 heterocycles. The number of benzene rings is 2. The largest absolute Gasteiger partial charge is 0.351 e. The van der Waals surface area contributed by atoms with E-state index in [4.69, 9.17) is 12.2 Å². The van der Waals surface area contributed by atoms with Gasteiger partial charge in [0.05, 0.1) is 11.1 Å². The smallest absolute Gasteiger partial charge is 0.268 e. The highest BCUT2D eigenvalue weighted by atomic mass is 32.1. The van der Waals surface area contributed by atoms with Gasteiger partial charge in [0.25, 0.3) is 5.56 Å². The summed E-state index contributed by atoms with van der Waals surface area (Å²) >= 11 is 6.96. The van der Waals surface area contributed by atoms with E-state index in [9.17, 15) is 9.59 Å². The van der Waals surface area contributed by atoms with E-state index in [2.05, 4.69) is 4.98 Å². The fourth-order valence-electron chi connectivity index (χ4n) is 2.88. The first-order chi connectivity index (χ1) is 13.9. The van der Waals surface area contributed by atoms with Crippen LogP contribution in [0.15, 0.2) is 64.8 Å². The maximum atomic E-state index is 13.2. The van der Waals surface area contributed by atoms with Crippen LogP contribution in [0.5, 0.6) is 0 Å². The number of rotatable bonds is 3. The molecule has 0 aliphatic rings. The number of nitrogens with one attached hydrogen (secondary N) is 1. The van der Waals surface area contributed by atoms with Gasteiger partial charge in [0.1, 0.15) is 4.83 Å². The Balaban J connectivity index is 0.000000431. The lowest BCUT2D eigenvalue weighted by molar-refractivity contribution is -0.115. The molecule has 148 valence electrons. The molecule has 0 spiro atoms. The Morgan fingerprint density at radius 1 is 1.07 bits per heavy atom. The summed E-state index contributed by atoms with van der Waals surface area (Å²) in [6, 6.07) is 17.7. The lowest BCUT2D eigenvalue weighted by atomic mass is 10.1. The summed E-state index contributed by atoms with van der Waals surface area (Å²) in [6.45, 7) is 1.98. The average Bonchev–Trinajstić information content (AvgIpc) is 3.14. The fourth-order valence-corrected chi connectivity index (χ4v) is 4.19. The topological polar surface area (TPSA) is 58.1 Å². The van der Waals surface area contributed by atoms with E-state index in [1.807, 2.05) is 66.9 Å². The molecule has 0 aliphatic heterocycles. The van der Waals surface area contributed by atoms with Crippen molar-refractivity contribution in [1.82, 2.24) is 14.5 Å². The van der Waals surface area contributed by atoms with Crippen molar-refractivity contribution in [3.8, 4) is 16.8 Å². The third kappa shape index (κ3) is 4.36. The van der Waals surface area contributed by atoms with Crippen LogP contribution < -0.4 is 5.56 Å². The Hall–Kier alpha value is -3.03. The number of aromatic nitrogens is 2. The van der Waals surface area contributed by atoms with Crippen LogP contribution in [0.4, 0.5) is 0 Å². The summed E-state index contributed by atoms with van der Waals surface area (Å²) in [6.07, 6.45) is 0.750. The Morgan fingerprint density at radius 3 is 2.31 bits per heavy atom. The van der Waals surface area contributed by atoms with Crippen molar-refractivity contribution in [2.75, 3.05) is 14.1 Å². The number of fused-ring (bicyclic) bond motifs is 1. The zero-order chi connectivity index (χ0) is 21.0. The summed E-state index contributed by atoms with van der Waals surface area (Å²) in [5.41, 5.74) is 3.71. The quantitative estimate of drug-likeness (QED) is 0.381. The number of carbonyl (C=O) groups is 1. The lowest BCUT2D eigenvalue weighted by Crippen LogP contribution is -2.21. The molecule has 0 saturated heterocycles. The first-order valence-corrected chi connectivity index (χ1v) is 10.2. The van der Waals surface area contributed by atoms with Crippen LogP contribution in [-0.2, 0) is 4.79 Å². The highest BCUT2D eigenvalue weighted by Gasteiger charge is 2.15. The average molecular weight is 424 g/mol. The van der Waals surface area contributed by atoms with Crippen LogP contribution >= 0.6 is 23.6 Å². The molecule has 0 fully saturated rings. The predicted octanol–water partition coefficient (Wildman–Crippen LogP) is 4.79. The molecular formula is C22H21N3O2S2. The third-order valence-corrected chi connectivity index (χ3v) is 5.46. The number of hydrogen-bond donors (Lipinski definition) is 1. The Morgan fingerprint density at radius 2 is 1.69 bits per heavy atom. The van der Waals surface area contributed by atoms with E-state index in [-0.39, 0.29) is 5.56 Å². The van der Waals surface area contributed by atoms with Gasteiger partial charge >= 0.3 is 0 Å². The van der Waals surface area contributed by atoms with Crippen molar-refractivity contribution in [1.29, 1.82) is 0 Å². The van der Waals surface area contributed by atoms with Crippen molar-refractivity contribution in [3.05, 3.63) is 80.7 Å². The standard InChI is InChI=1S/C19H14N2OS2.C3H7NO/c1-12-7-5-6-10-15(12)21-18(22)16-14(13-8-3-2-4-9-13)11-24-17(16)20-19(21)23;1-4(2)3-5/h2-11H,1H3,(H,20,23);3H,1-2H3. The Kier molecular flexibility index (Phi) is 6.41. The number of aryl methyl sites for hydroxylation is 1. The molecule has 2 aromatic heterocycles. The van der Waals surface area contributed by atoms with Gasteiger partial charge in [-0.25, -0.2) is 0 Å². The number of amides is 1. The maximum absolute atomic E-state index is 13.2. The van der Waals surface area contributed by atoms with Crippen molar-refractivity contribution in [3.63, 3.8) is 0 Å². The molecule has 0 saturated carbocycles. The van der Waals surface area contributed by atoms with Gasteiger partial charge in [-0.2, -0.15) is 0 Å². The van der Waals surface area contributed by atoms with E-state index >= 15 is 0 Å². The van der Waals surface area contributed by atoms with Crippen molar-refractivity contribution in [2.24, 2.45) is 0 Å². The zero-order valence-electron chi connectivity index (χ0n) is 16.4. The second kappa shape index (κ2) is 8.98. The van der Waals surface area contributed by atoms with E-state index < -0.39 is 0 Å². The SMILES string of the molecule is CN(C)C=O.Cc1ccccc1-n1c(=S)[nH]c2scc(-c3ccccc3)c2c1=O. The van der Waals surface area contributed by atoms with Gasteiger partial charge in [0.2, 0.25) is 6.41 Å². The van der Waals surface area contributed by atoms with E-state index in [1.54, 1.807) is 18.7 Å². The number of carbonyl (C=O) groups excluding carboxylic acids is 1. The van der Waals surface area contributed by atoms with E-state index in [1.165, 1.54) is 16.2 Å². The monoisotopic (exact) mass is 423 g/mol. The molecule has 4 aromatic rings. The number of H-pyrrole nitrogens is 1. The van der Waals surface area contributed by atoms with Crippen molar-refractivity contribution >= 4 is 40.2 Å². The second-order valence-electron chi connectivity index (χ2n) is 6.65. The van der Waals surface area contributed by atoms with Crippen LogP contribution in [0.1, 0.15) is 5.56 Å². The second-order valence-corrected chi connectivity index (χ2v) is 7.91. The van der Waals surface area contributed by atoms with Gasteiger partial charge in [-0.05, 0) is 36.3 Å². The van der Waals surface area contributed by atoms with Gasteiger partial charge < -0.3 is 9.88 Å². The van der Waals surface area contributed by atoms with Crippen LogP contribution in [0.2, 0.25) is 0 Å². The van der Waals surface area contributed by atoms with Crippen LogP contribution in [-0.4, -0.2) is 35.0 Å². The molecular weight excluding hydrogens is 402 g/mol. The Labute approximate surface area is 177 Å². The number of para-hydroxylation sites is 1. The molecule has 0 atom stereocenters.